The maximum atomic E-state index is 6.05. The molecule has 4 rings (SSSR count). The van der Waals surface area contributed by atoms with Crippen LogP contribution in [-0.2, 0) is 0 Å². The molecule has 0 fully saturated rings. The highest BCUT2D eigenvalue weighted by molar-refractivity contribution is 7.10. The highest BCUT2D eigenvalue weighted by atomic mass is 32.1. The monoisotopic (exact) mass is 279 g/mol. The van der Waals surface area contributed by atoms with Gasteiger partial charge in [0.25, 0.3) is 0 Å². The molecule has 1 nitrogen and oxygen atoms in total. The van der Waals surface area contributed by atoms with E-state index in [1.54, 1.807) is 0 Å². The SMILES string of the molecule is C1=CC2=C([Si]=C1)C(c1cccs1)c1ccccc1O2. The normalized spacial score (nSPS) is 19.9. The van der Waals surface area contributed by atoms with Crippen molar-refractivity contribution in [2.45, 2.75) is 5.92 Å². The van der Waals surface area contributed by atoms with E-state index in [2.05, 4.69) is 53.5 Å². The predicted octanol–water partition coefficient (Wildman–Crippen LogP) is 3.56. The second kappa shape index (κ2) is 4.44. The minimum absolute atomic E-state index is 0.361. The summed E-state index contributed by atoms with van der Waals surface area (Å²) >= 11 is 1.83. The van der Waals surface area contributed by atoms with Crippen molar-refractivity contribution in [2.75, 3.05) is 0 Å². The van der Waals surface area contributed by atoms with Crippen molar-refractivity contribution < 1.29 is 4.74 Å². The fourth-order valence-electron chi connectivity index (χ4n) is 2.59. The highest BCUT2D eigenvalue weighted by Crippen LogP contribution is 2.44. The van der Waals surface area contributed by atoms with Gasteiger partial charge in [-0.2, -0.15) is 0 Å². The standard InChI is InChI=1S/C16H11OSSi/c1-2-6-12-11(5-1)15(14-8-3-9-18-14)16-13(17-12)7-4-10-19-16/h1-10,15H. The summed E-state index contributed by atoms with van der Waals surface area (Å²) in [5.41, 5.74) is 3.52. The number of para-hydroxylation sites is 1. The van der Waals surface area contributed by atoms with E-state index in [1.807, 2.05) is 17.4 Å². The molecule has 1 atom stereocenters. The number of ether oxygens (including phenoxy) is 1. The van der Waals surface area contributed by atoms with Gasteiger partial charge in [0.05, 0.1) is 9.13 Å². The molecule has 0 aliphatic carbocycles. The Balaban J connectivity index is 1.96. The Morgan fingerprint density at radius 2 is 2.05 bits per heavy atom. The molecule has 0 saturated heterocycles. The molecule has 1 aromatic carbocycles. The molecule has 2 aliphatic rings. The molecule has 19 heavy (non-hydrogen) atoms. The van der Waals surface area contributed by atoms with Gasteiger partial charge in [-0.15, -0.1) is 11.3 Å². The minimum Gasteiger partial charge on any atom is -0.457 e. The van der Waals surface area contributed by atoms with Gasteiger partial charge >= 0.3 is 0 Å². The lowest BCUT2D eigenvalue weighted by Gasteiger charge is -2.28. The zero-order chi connectivity index (χ0) is 12.7. The Morgan fingerprint density at radius 3 is 2.95 bits per heavy atom. The number of hydrogen-bond acceptors (Lipinski definition) is 2. The number of benzene rings is 1. The Hall–Kier alpha value is -1.71. The highest BCUT2D eigenvalue weighted by Gasteiger charge is 2.29. The van der Waals surface area contributed by atoms with Crippen molar-refractivity contribution in [2.24, 2.45) is 0 Å². The first-order valence-electron chi connectivity index (χ1n) is 6.24. The third kappa shape index (κ3) is 1.77. The first-order valence-corrected chi connectivity index (χ1v) is 8.20. The summed E-state index contributed by atoms with van der Waals surface area (Å²) in [4.78, 5) is 1.40. The van der Waals surface area contributed by atoms with Crippen LogP contribution in [0.2, 0.25) is 0 Å². The quantitative estimate of drug-likeness (QED) is 0.725. The average Bonchev–Trinajstić information content (AvgIpc) is 2.98. The molecule has 0 amide bonds. The average molecular weight is 279 g/mol. The van der Waals surface area contributed by atoms with E-state index in [0.717, 1.165) is 11.5 Å². The zero-order valence-corrected chi connectivity index (χ0v) is 12.0. The summed E-state index contributed by atoms with van der Waals surface area (Å²) in [6, 6.07) is 12.7. The van der Waals surface area contributed by atoms with Crippen LogP contribution in [-0.4, -0.2) is 14.8 Å². The second-order valence-corrected chi connectivity index (χ2v) is 6.68. The van der Waals surface area contributed by atoms with Crippen LogP contribution >= 0.6 is 11.3 Å². The summed E-state index contributed by atoms with van der Waals surface area (Å²) in [6.07, 6.45) is 4.18. The molecule has 2 aromatic rings. The zero-order valence-electron chi connectivity index (χ0n) is 10.2. The molecule has 0 bridgehead atoms. The molecule has 3 heterocycles. The Morgan fingerprint density at radius 1 is 1.11 bits per heavy atom. The number of allylic oxidation sites excluding steroid dienone is 3. The van der Waals surface area contributed by atoms with Crippen LogP contribution < -0.4 is 4.74 Å². The van der Waals surface area contributed by atoms with E-state index in [-0.39, 0.29) is 0 Å². The Kier molecular flexibility index (Phi) is 2.60. The van der Waals surface area contributed by atoms with Gasteiger partial charge in [-0.3, -0.25) is 0 Å². The molecule has 0 N–H and O–H groups in total. The third-order valence-electron chi connectivity index (χ3n) is 3.41. The first-order chi connectivity index (χ1) is 9.43. The summed E-state index contributed by atoms with van der Waals surface area (Å²) in [7, 11) is 0.711. The summed E-state index contributed by atoms with van der Waals surface area (Å²) in [5, 5.41) is 3.56. The molecule has 0 spiro atoms. The second-order valence-electron chi connectivity index (χ2n) is 4.54. The number of thiophene rings is 1. The Labute approximate surface area is 118 Å². The fourth-order valence-corrected chi connectivity index (χ4v) is 4.67. The molecular formula is C16H11OSSi. The fraction of sp³-hybridized carbons (Fsp3) is 0.0625. The molecular weight excluding hydrogens is 268 g/mol. The lowest BCUT2D eigenvalue weighted by atomic mass is 9.93. The van der Waals surface area contributed by atoms with Crippen LogP contribution in [0.1, 0.15) is 16.4 Å². The third-order valence-corrected chi connectivity index (χ3v) is 5.56. The molecule has 1 unspecified atom stereocenters. The van der Waals surface area contributed by atoms with Gasteiger partial charge in [0.1, 0.15) is 11.5 Å². The van der Waals surface area contributed by atoms with E-state index in [1.165, 1.54) is 15.6 Å². The van der Waals surface area contributed by atoms with Crippen LogP contribution in [0.15, 0.2) is 64.9 Å². The van der Waals surface area contributed by atoms with Crippen molar-refractivity contribution >= 4 is 26.1 Å². The van der Waals surface area contributed by atoms with E-state index in [4.69, 9.17) is 4.74 Å². The largest absolute Gasteiger partial charge is 0.457 e. The molecule has 3 heteroatoms. The predicted molar refractivity (Wildman–Crippen MR) is 81.2 cm³/mol. The lowest BCUT2D eigenvalue weighted by Crippen LogP contribution is -2.19. The minimum atomic E-state index is 0.361. The molecule has 1 aromatic heterocycles. The molecule has 91 valence electrons. The topological polar surface area (TPSA) is 9.23 Å². The maximum Gasteiger partial charge on any atom is 0.131 e. The van der Waals surface area contributed by atoms with Gasteiger partial charge in [-0.25, -0.2) is 0 Å². The number of rotatable bonds is 1. The maximum absolute atomic E-state index is 6.05. The van der Waals surface area contributed by atoms with Gasteiger partial charge in [0.15, 0.2) is 0 Å². The summed E-state index contributed by atoms with van der Waals surface area (Å²) in [5.74, 6) is 2.40. The molecule has 1 radical (unpaired) electrons. The first kappa shape index (κ1) is 11.1. The van der Waals surface area contributed by atoms with Crippen molar-refractivity contribution in [1.29, 1.82) is 0 Å². The van der Waals surface area contributed by atoms with Crippen LogP contribution in [0, 0.1) is 0 Å². The van der Waals surface area contributed by atoms with Crippen molar-refractivity contribution in [3.05, 3.63) is 75.3 Å². The van der Waals surface area contributed by atoms with Gasteiger partial charge in [0.2, 0.25) is 0 Å². The van der Waals surface area contributed by atoms with Crippen molar-refractivity contribution in [3.63, 3.8) is 0 Å². The Bertz CT molecular complexity index is 710. The smallest absolute Gasteiger partial charge is 0.131 e. The number of fused-ring (bicyclic) bond motifs is 1. The van der Waals surface area contributed by atoms with Gasteiger partial charge in [0, 0.05) is 16.4 Å². The van der Waals surface area contributed by atoms with E-state index < -0.39 is 0 Å². The van der Waals surface area contributed by atoms with Gasteiger partial charge in [-0.05, 0) is 28.8 Å². The van der Waals surface area contributed by atoms with E-state index >= 15 is 0 Å². The van der Waals surface area contributed by atoms with Crippen LogP contribution in [0.4, 0.5) is 0 Å². The molecule has 2 aliphatic heterocycles. The van der Waals surface area contributed by atoms with Crippen molar-refractivity contribution in [3.8, 4) is 5.75 Å². The lowest BCUT2D eigenvalue weighted by molar-refractivity contribution is 0.420. The number of hydrogen-bond donors (Lipinski definition) is 0. The summed E-state index contributed by atoms with van der Waals surface area (Å²) in [6.45, 7) is 0. The van der Waals surface area contributed by atoms with E-state index in [0.29, 0.717) is 15.0 Å². The van der Waals surface area contributed by atoms with Gasteiger partial charge in [-0.1, -0.05) is 36.0 Å². The van der Waals surface area contributed by atoms with Crippen LogP contribution in [0.5, 0.6) is 5.75 Å². The van der Waals surface area contributed by atoms with Gasteiger partial charge < -0.3 is 4.74 Å². The molecule has 0 saturated carbocycles. The van der Waals surface area contributed by atoms with Crippen molar-refractivity contribution in [1.82, 2.24) is 0 Å². The van der Waals surface area contributed by atoms with Crippen LogP contribution in [0.3, 0.4) is 0 Å². The van der Waals surface area contributed by atoms with Crippen LogP contribution in [0.25, 0.3) is 0 Å². The van der Waals surface area contributed by atoms with E-state index in [9.17, 15) is 0 Å². The summed E-state index contributed by atoms with van der Waals surface area (Å²) < 4.78 is 6.05.